The van der Waals surface area contributed by atoms with Gasteiger partial charge in [-0.1, -0.05) is 25.5 Å². The van der Waals surface area contributed by atoms with Crippen LogP contribution < -0.4 is 0 Å². The molecule has 0 N–H and O–H groups in total. The highest BCUT2D eigenvalue weighted by molar-refractivity contribution is 5.36. The summed E-state index contributed by atoms with van der Waals surface area (Å²) in [5, 5.41) is 8.75. The van der Waals surface area contributed by atoms with Crippen molar-refractivity contribution in [3.05, 3.63) is 35.4 Å². The highest BCUT2D eigenvalue weighted by Gasteiger charge is 1.98. The maximum atomic E-state index is 8.75. The van der Waals surface area contributed by atoms with Crippen molar-refractivity contribution in [2.75, 3.05) is 0 Å². The minimum absolute atomic E-state index is 0.769. The lowest BCUT2D eigenvalue weighted by Crippen LogP contribution is -1.89. The third kappa shape index (κ3) is 2.10. The number of aryl methyl sites for hydroxylation is 1. The molecule has 1 heteroatoms. The van der Waals surface area contributed by atoms with Gasteiger partial charge < -0.3 is 0 Å². The van der Waals surface area contributed by atoms with Gasteiger partial charge in [-0.25, -0.2) is 0 Å². The molecule has 1 nitrogen and oxygen atoms in total. The van der Waals surface area contributed by atoms with Gasteiger partial charge in [-0.3, -0.25) is 0 Å². The number of nitriles is 1. The Morgan fingerprint density at radius 3 is 3.08 bits per heavy atom. The fourth-order valence-corrected chi connectivity index (χ4v) is 1.15. The fraction of sp³-hybridized carbons (Fsp3) is 0.364. The molecule has 12 heavy (non-hydrogen) atoms. The quantitative estimate of drug-likeness (QED) is 0.663. The SMILES string of the molecule is CCCCc1cc[c]cc1C#N. The van der Waals surface area contributed by atoms with Crippen LogP contribution in [0.1, 0.15) is 30.9 Å². The van der Waals surface area contributed by atoms with E-state index in [4.69, 9.17) is 5.26 Å². The van der Waals surface area contributed by atoms with Crippen LogP contribution in [0.4, 0.5) is 0 Å². The summed E-state index contributed by atoms with van der Waals surface area (Å²) >= 11 is 0. The monoisotopic (exact) mass is 158 g/mol. The molecule has 0 atom stereocenters. The van der Waals surface area contributed by atoms with E-state index in [0.29, 0.717) is 0 Å². The zero-order valence-corrected chi connectivity index (χ0v) is 7.30. The summed E-state index contributed by atoms with van der Waals surface area (Å²) in [7, 11) is 0. The van der Waals surface area contributed by atoms with Crippen LogP contribution in [0.15, 0.2) is 18.2 Å². The van der Waals surface area contributed by atoms with Crippen molar-refractivity contribution in [1.29, 1.82) is 5.26 Å². The van der Waals surface area contributed by atoms with E-state index in [9.17, 15) is 0 Å². The summed E-state index contributed by atoms with van der Waals surface area (Å²) in [5.41, 5.74) is 1.92. The largest absolute Gasteiger partial charge is 0.192 e. The second-order valence-corrected chi connectivity index (χ2v) is 2.80. The van der Waals surface area contributed by atoms with Crippen LogP contribution in [0.5, 0.6) is 0 Å². The molecule has 1 radical (unpaired) electrons. The van der Waals surface area contributed by atoms with Crippen molar-refractivity contribution in [3.8, 4) is 6.07 Å². The first-order valence-corrected chi connectivity index (χ1v) is 4.27. The lowest BCUT2D eigenvalue weighted by Gasteiger charge is -2.00. The topological polar surface area (TPSA) is 23.8 Å². The average Bonchev–Trinajstić information content (AvgIpc) is 2.15. The number of rotatable bonds is 3. The Kier molecular flexibility index (Phi) is 3.35. The van der Waals surface area contributed by atoms with Crippen LogP contribution in [0.25, 0.3) is 0 Å². The lowest BCUT2D eigenvalue weighted by atomic mass is 10.0. The third-order valence-electron chi connectivity index (χ3n) is 1.87. The van der Waals surface area contributed by atoms with Gasteiger partial charge in [0.05, 0.1) is 11.6 Å². The van der Waals surface area contributed by atoms with Gasteiger partial charge in [0.1, 0.15) is 0 Å². The van der Waals surface area contributed by atoms with Crippen molar-refractivity contribution >= 4 is 0 Å². The summed E-state index contributed by atoms with van der Waals surface area (Å²) in [6, 6.07) is 10.7. The highest BCUT2D eigenvalue weighted by atomic mass is 14.2. The molecule has 0 heterocycles. The van der Waals surface area contributed by atoms with Gasteiger partial charge in [-0.2, -0.15) is 5.26 Å². The molecule has 0 aliphatic rings. The van der Waals surface area contributed by atoms with E-state index in [2.05, 4.69) is 19.1 Å². The number of benzene rings is 1. The van der Waals surface area contributed by atoms with E-state index in [0.717, 1.165) is 24.0 Å². The number of unbranched alkanes of at least 4 members (excludes halogenated alkanes) is 1. The number of hydrogen-bond acceptors (Lipinski definition) is 1. The summed E-state index contributed by atoms with van der Waals surface area (Å²) in [4.78, 5) is 0. The predicted octanol–water partition coefficient (Wildman–Crippen LogP) is 2.70. The van der Waals surface area contributed by atoms with Crippen LogP contribution in [-0.2, 0) is 6.42 Å². The summed E-state index contributed by atoms with van der Waals surface area (Å²) in [5.74, 6) is 0. The van der Waals surface area contributed by atoms with E-state index in [-0.39, 0.29) is 0 Å². The summed E-state index contributed by atoms with van der Waals surface area (Å²) in [6.45, 7) is 2.15. The molecule has 0 saturated heterocycles. The van der Waals surface area contributed by atoms with Gasteiger partial charge in [0, 0.05) is 0 Å². The Labute approximate surface area is 73.6 Å². The van der Waals surface area contributed by atoms with Crippen LogP contribution >= 0.6 is 0 Å². The van der Waals surface area contributed by atoms with Crippen LogP contribution in [-0.4, -0.2) is 0 Å². The normalized spacial score (nSPS) is 9.33. The molecule has 0 aromatic heterocycles. The molecule has 0 saturated carbocycles. The van der Waals surface area contributed by atoms with Crippen molar-refractivity contribution in [1.82, 2.24) is 0 Å². The molecule has 0 spiro atoms. The van der Waals surface area contributed by atoms with Crippen molar-refractivity contribution in [3.63, 3.8) is 0 Å². The van der Waals surface area contributed by atoms with Crippen molar-refractivity contribution in [2.45, 2.75) is 26.2 Å². The summed E-state index contributed by atoms with van der Waals surface area (Å²) < 4.78 is 0. The van der Waals surface area contributed by atoms with Crippen molar-refractivity contribution < 1.29 is 0 Å². The Bertz CT molecular complexity index is 283. The van der Waals surface area contributed by atoms with E-state index in [1.807, 2.05) is 12.1 Å². The van der Waals surface area contributed by atoms with Gasteiger partial charge in [-0.05, 0) is 30.5 Å². The van der Waals surface area contributed by atoms with Gasteiger partial charge >= 0.3 is 0 Å². The highest BCUT2D eigenvalue weighted by Crippen LogP contribution is 2.09. The maximum absolute atomic E-state index is 8.75. The first kappa shape index (κ1) is 8.80. The second kappa shape index (κ2) is 4.56. The average molecular weight is 158 g/mol. The minimum atomic E-state index is 0.769. The standard InChI is InChI=1S/C11H12N/c1-2-3-6-10-7-4-5-8-11(10)9-12/h4,7-8H,2-3,6H2,1H3. The molecule has 0 aliphatic heterocycles. The van der Waals surface area contributed by atoms with Crippen LogP contribution in [0, 0.1) is 17.4 Å². The second-order valence-electron chi connectivity index (χ2n) is 2.80. The van der Waals surface area contributed by atoms with Crippen LogP contribution in [0.3, 0.4) is 0 Å². The Morgan fingerprint density at radius 1 is 1.58 bits per heavy atom. The first-order chi connectivity index (χ1) is 5.88. The van der Waals surface area contributed by atoms with E-state index in [1.165, 1.54) is 6.42 Å². The molecule has 1 aromatic rings. The van der Waals surface area contributed by atoms with E-state index >= 15 is 0 Å². The zero-order chi connectivity index (χ0) is 8.81. The smallest absolute Gasteiger partial charge is 0.0994 e. The Balaban J connectivity index is 2.77. The summed E-state index contributed by atoms with van der Waals surface area (Å²) in [6.07, 6.45) is 3.33. The zero-order valence-electron chi connectivity index (χ0n) is 7.30. The molecule has 61 valence electrons. The molecule has 1 rings (SSSR count). The Hall–Kier alpha value is -1.29. The molecule has 0 amide bonds. The van der Waals surface area contributed by atoms with Gasteiger partial charge in [0.15, 0.2) is 0 Å². The minimum Gasteiger partial charge on any atom is -0.192 e. The molecule has 0 fully saturated rings. The number of nitrogens with zero attached hydrogens (tertiary/aromatic N) is 1. The molecule has 0 bridgehead atoms. The predicted molar refractivity (Wildman–Crippen MR) is 48.6 cm³/mol. The Morgan fingerprint density at radius 2 is 2.42 bits per heavy atom. The van der Waals surface area contributed by atoms with Crippen LogP contribution in [0.2, 0.25) is 0 Å². The molecule has 0 aliphatic carbocycles. The van der Waals surface area contributed by atoms with E-state index in [1.54, 1.807) is 6.07 Å². The fourth-order valence-electron chi connectivity index (χ4n) is 1.15. The lowest BCUT2D eigenvalue weighted by molar-refractivity contribution is 0.793. The third-order valence-corrected chi connectivity index (χ3v) is 1.87. The van der Waals surface area contributed by atoms with Crippen molar-refractivity contribution in [2.24, 2.45) is 0 Å². The van der Waals surface area contributed by atoms with Gasteiger partial charge in [0.2, 0.25) is 0 Å². The molecular formula is C11H12N. The van der Waals surface area contributed by atoms with E-state index < -0.39 is 0 Å². The molecule has 0 unspecified atom stereocenters. The maximum Gasteiger partial charge on any atom is 0.0994 e. The molecular weight excluding hydrogens is 146 g/mol. The molecule has 1 aromatic carbocycles. The van der Waals surface area contributed by atoms with Gasteiger partial charge in [0.25, 0.3) is 0 Å². The number of hydrogen-bond donors (Lipinski definition) is 0. The first-order valence-electron chi connectivity index (χ1n) is 4.27. The van der Waals surface area contributed by atoms with Gasteiger partial charge in [-0.15, -0.1) is 0 Å².